The highest BCUT2D eigenvalue weighted by molar-refractivity contribution is 9.11. The molecule has 1 aromatic rings. The SMILES string of the molecule is CCOC(=O)c1nc(C(F)(F)F)sc1Br. The quantitative estimate of drug-likeness (QED) is 0.788. The van der Waals surface area contributed by atoms with Crippen molar-refractivity contribution in [3.8, 4) is 0 Å². The van der Waals surface area contributed by atoms with Gasteiger partial charge in [-0.3, -0.25) is 0 Å². The van der Waals surface area contributed by atoms with Gasteiger partial charge in [0.25, 0.3) is 0 Å². The van der Waals surface area contributed by atoms with Gasteiger partial charge in [-0.2, -0.15) is 13.2 Å². The highest BCUT2D eigenvalue weighted by atomic mass is 79.9. The molecule has 0 N–H and O–H groups in total. The molecule has 1 rings (SSSR count). The van der Waals surface area contributed by atoms with Crippen molar-refractivity contribution < 1.29 is 22.7 Å². The second kappa shape index (κ2) is 4.48. The fourth-order valence-electron chi connectivity index (χ4n) is 0.748. The molecule has 15 heavy (non-hydrogen) atoms. The van der Waals surface area contributed by atoms with E-state index in [-0.39, 0.29) is 16.1 Å². The van der Waals surface area contributed by atoms with E-state index in [1.54, 1.807) is 6.92 Å². The van der Waals surface area contributed by atoms with Crippen LogP contribution in [0.4, 0.5) is 13.2 Å². The average molecular weight is 304 g/mol. The van der Waals surface area contributed by atoms with Gasteiger partial charge in [0.2, 0.25) is 0 Å². The van der Waals surface area contributed by atoms with Gasteiger partial charge < -0.3 is 4.74 Å². The molecule has 3 nitrogen and oxygen atoms in total. The molecule has 0 radical (unpaired) electrons. The molecule has 0 saturated heterocycles. The summed E-state index contributed by atoms with van der Waals surface area (Å²) in [5, 5.41) is -1.07. The first-order valence-corrected chi connectivity index (χ1v) is 5.37. The lowest BCUT2D eigenvalue weighted by atomic mass is 10.5. The number of ether oxygens (including phenoxy) is 1. The molecule has 0 saturated carbocycles. The fourth-order valence-corrected chi connectivity index (χ4v) is 2.11. The van der Waals surface area contributed by atoms with Crippen molar-refractivity contribution in [2.75, 3.05) is 6.61 Å². The maximum absolute atomic E-state index is 12.2. The minimum Gasteiger partial charge on any atom is -0.461 e. The minimum absolute atomic E-state index is 0.0216. The Morgan fingerprint density at radius 1 is 1.60 bits per heavy atom. The van der Waals surface area contributed by atoms with E-state index in [2.05, 4.69) is 25.7 Å². The van der Waals surface area contributed by atoms with E-state index in [9.17, 15) is 18.0 Å². The van der Waals surface area contributed by atoms with Crippen LogP contribution < -0.4 is 0 Å². The second-order valence-corrected chi connectivity index (χ2v) is 4.68. The van der Waals surface area contributed by atoms with Crippen LogP contribution in [0.1, 0.15) is 22.4 Å². The summed E-state index contributed by atoms with van der Waals surface area (Å²) in [4.78, 5) is 14.3. The molecule has 0 amide bonds. The van der Waals surface area contributed by atoms with Crippen molar-refractivity contribution in [2.45, 2.75) is 13.1 Å². The van der Waals surface area contributed by atoms with E-state index in [0.717, 1.165) is 0 Å². The van der Waals surface area contributed by atoms with Crippen LogP contribution in [-0.2, 0) is 10.9 Å². The number of aromatic nitrogens is 1. The first-order chi connectivity index (χ1) is 6.86. The zero-order chi connectivity index (χ0) is 11.6. The maximum Gasteiger partial charge on any atom is 0.443 e. The second-order valence-electron chi connectivity index (χ2n) is 2.36. The lowest BCUT2D eigenvalue weighted by molar-refractivity contribution is -0.137. The van der Waals surface area contributed by atoms with E-state index in [0.29, 0.717) is 11.3 Å². The predicted molar refractivity (Wildman–Crippen MR) is 50.8 cm³/mol. The average Bonchev–Trinajstić information content (AvgIpc) is 2.47. The van der Waals surface area contributed by atoms with Gasteiger partial charge in [-0.1, -0.05) is 0 Å². The highest BCUT2D eigenvalue weighted by Gasteiger charge is 2.37. The number of alkyl halides is 3. The number of hydrogen-bond donors (Lipinski definition) is 0. The van der Waals surface area contributed by atoms with Crippen molar-refractivity contribution in [3.05, 3.63) is 14.5 Å². The lowest BCUT2D eigenvalue weighted by Gasteiger charge is -1.99. The molecular formula is C7H5BrF3NO2S. The van der Waals surface area contributed by atoms with Crippen LogP contribution in [0.25, 0.3) is 0 Å². The summed E-state index contributed by atoms with van der Waals surface area (Å²) in [5.41, 5.74) is -0.339. The number of nitrogens with zero attached hydrogens (tertiary/aromatic N) is 1. The van der Waals surface area contributed by atoms with Gasteiger partial charge in [-0.15, -0.1) is 11.3 Å². The number of halogens is 4. The van der Waals surface area contributed by atoms with E-state index in [1.165, 1.54) is 0 Å². The summed E-state index contributed by atoms with van der Waals surface area (Å²) in [6.07, 6.45) is -4.54. The lowest BCUT2D eigenvalue weighted by Crippen LogP contribution is -2.08. The monoisotopic (exact) mass is 303 g/mol. The molecule has 8 heteroatoms. The zero-order valence-corrected chi connectivity index (χ0v) is 9.79. The molecule has 0 spiro atoms. The predicted octanol–water partition coefficient (Wildman–Crippen LogP) is 3.10. The Labute approximate surface area is 95.4 Å². The van der Waals surface area contributed by atoms with Crippen molar-refractivity contribution in [2.24, 2.45) is 0 Å². The molecule has 0 aromatic carbocycles. The molecular weight excluding hydrogens is 299 g/mol. The van der Waals surface area contributed by atoms with E-state index >= 15 is 0 Å². The molecule has 1 heterocycles. The zero-order valence-electron chi connectivity index (χ0n) is 7.39. The van der Waals surface area contributed by atoms with Crippen LogP contribution in [0.3, 0.4) is 0 Å². The minimum atomic E-state index is -4.54. The van der Waals surface area contributed by atoms with Crippen LogP contribution in [0, 0.1) is 0 Å². The summed E-state index contributed by atoms with van der Waals surface area (Å²) in [6, 6.07) is 0. The normalized spacial score (nSPS) is 11.5. The van der Waals surface area contributed by atoms with E-state index in [4.69, 9.17) is 0 Å². The highest BCUT2D eigenvalue weighted by Crippen LogP contribution is 2.36. The molecule has 0 bridgehead atoms. The molecule has 84 valence electrons. The number of thiazole rings is 1. The van der Waals surface area contributed by atoms with Gasteiger partial charge in [0.1, 0.15) is 3.79 Å². The topological polar surface area (TPSA) is 39.2 Å². The molecule has 0 unspecified atom stereocenters. The van der Waals surface area contributed by atoms with Gasteiger partial charge in [0.15, 0.2) is 10.7 Å². The van der Waals surface area contributed by atoms with Crippen LogP contribution in [0.2, 0.25) is 0 Å². The van der Waals surface area contributed by atoms with Gasteiger partial charge in [-0.25, -0.2) is 9.78 Å². The van der Waals surface area contributed by atoms with Gasteiger partial charge in [0, 0.05) is 0 Å². The number of carbonyl (C=O) groups excluding carboxylic acids is 1. The molecule has 0 fully saturated rings. The fraction of sp³-hybridized carbons (Fsp3) is 0.429. The Hall–Kier alpha value is -0.630. The summed E-state index contributed by atoms with van der Waals surface area (Å²) < 4.78 is 41.2. The Balaban J connectivity index is 3.02. The van der Waals surface area contributed by atoms with Crippen molar-refractivity contribution in [1.82, 2.24) is 4.98 Å². The number of esters is 1. The third-order valence-corrected chi connectivity index (χ3v) is 3.05. The Bertz CT molecular complexity index is 377. The molecule has 0 aliphatic rings. The summed E-state index contributed by atoms with van der Waals surface area (Å²) >= 11 is 3.19. The van der Waals surface area contributed by atoms with Crippen molar-refractivity contribution in [3.63, 3.8) is 0 Å². The van der Waals surface area contributed by atoms with Crippen molar-refractivity contribution >= 4 is 33.2 Å². The summed E-state index contributed by atoms with van der Waals surface area (Å²) in [6.45, 7) is 1.65. The van der Waals surface area contributed by atoms with Crippen LogP contribution in [-0.4, -0.2) is 17.6 Å². The van der Waals surface area contributed by atoms with Crippen LogP contribution in [0.15, 0.2) is 3.79 Å². The largest absolute Gasteiger partial charge is 0.461 e. The van der Waals surface area contributed by atoms with Gasteiger partial charge in [-0.05, 0) is 22.9 Å². The van der Waals surface area contributed by atoms with Gasteiger partial charge >= 0.3 is 12.1 Å². The van der Waals surface area contributed by atoms with Crippen molar-refractivity contribution in [1.29, 1.82) is 0 Å². The number of carbonyl (C=O) groups is 1. The number of rotatable bonds is 2. The third-order valence-electron chi connectivity index (χ3n) is 1.30. The summed E-state index contributed by atoms with van der Waals surface area (Å²) in [5.74, 6) is -0.865. The maximum atomic E-state index is 12.2. The van der Waals surface area contributed by atoms with Crippen LogP contribution in [0.5, 0.6) is 0 Å². The Morgan fingerprint density at radius 3 is 2.60 bits per heavy atom. The molecule has 0 atom stereocenters. The smallest absolute Gasteiger partial charge is 0.443 e. The van der Waals surface area contributed by atoms with E-state index in [1.807, 2.05) is 0 Å². The van der Waals surface area contributed by atoms with Crippen LogP contribution >= 0.6 is 27.3 Å². The first kappa shape index (κ1) is 12.4. The first-order valence-electron chi connectivity index (χ1n) is 3.77. The summed E-state index contributed by atoms with van der Waals surface area (Å²) in [7, 11) is 0. The molecule has 1 aromatic heterocycles. The van der Waals surface area contributed by atoms with Gasteiger partial charge in [0.05, 0.1) is 6.61 Å². The number of hydrogen-bond acceptors (Lipinski definition) is 4. The molecule has 0 aliphatic heterocycles. The Kier molecular flexibility index (Phi) is 3.72. The Morgan fingerprint density at radius 2 is 2.20 bits per heavy atom. The molecule has 0 aliphatic carbocycles. The van der Waals surface area contributed by atoms with E-state index < -0.39 is 17.2 Å². The third kappa shape index (κ3) is 2.91. The standard InChI is InChI=1S/C7H5BrF3NO2S/c1-2-14-5(13)3-4(8)15-6(12-3)7(9,10)11/h2H2,1H3.